The highest BCUT2D eigenvalue weighted by Gasteiger charge is 2.37. The van der Waals surface area contributed by atoms with Crippen molar-refractivity contribution in [1.29, 1.82) is 0 Å². The molecule has 144 valence electrons. The molecule has 0 saturated carbocycles. The van der Waals surface area contributed by atoms with Gasteiger partial charge in [-0.1, -0.05) is 6.07 Å². The maximum absolute atomic E-state index is 12.7. The first kappa shape index (κ1) is 18.8. The van der Waals surface area contributed by atoms with Crippen molar-refractivity contribution in [3.05, 3.63) is 23.8 Å². The monoisotopic (exact) mass is 362 g/mol. The molecule has 6 heteroatoms. The van der Waals surface area contributed by atoms with Gasteiger partial charge in [-0.2, -0.15) is 0 Å². The smallest absolute Gasteiger partial charge is 0.317 e. The minimum atomic E-state index is -0.0960. The number of amides is 2. The summed E-state index contributed by atoms with van der Waals surface area (Å²) < 4.78 is 16.1. The van der Waals surface area contributed by atoms with Crippen molar-refractivity contribution in [2.24, 2.45) is 5.41 Å². The first-order chi connectivity index (χ1) is 12.6. The lowest BCUT2D eigenvalue weighted by molar-refractivity contribution is -0.0146. The van der Waals surface area contributed by atoms with Crippen LogP contribution in [0.15, 0.2) is 18.2 Å². The highest BCUT2D eigenvalue weighted by molar-refractivity contribution is 5.74. The van der Waals surface area contributed by atoms with Gasteiger partial charge in [-0.05, 0) is 55.7 Å². The van der Waals surface area contributed by atoms with Crippen LogP contribution in [0.3, 0.4) is 0 Å². The standard InChI is InChI=1S/C20H30N2O4/c1-15(16-4-5-17(24-2)18(14-16)25-3)21-19(23)22-10-6-20(7-11-22)8-12-26-13-9-20/h4-5,14-15H,6-13H2,1-3H3,(H,21,23)/t15-/m0/s1. The molecule has 0 radical (unpaired) electrons. The molecule has 2 aliphatic rings. The molecule has 1 aromatic carbocycles. The van der Waals surface area contributed by atoms with Gasteiger partial charge in [0.05, 0.1) is 20.3 Å². The predicted octanol–water partition coefficient (Wildman–Crippen LogP) is 3.37. The van der Waals surface area contributed by atoms with Gasteiger partial charge in [-0.25, -0.2) is 4.79 Å². The summed E-state index contributed by atoms with van der Waals surface area (Å²) in [5.74, 6) is 1.36. The molecule has 1 spiro atoms. The molecule has 1 atom stereocenters. The summed E-state index contributed by atoms with van der Waals surface area (Å²) in [5, 5.41) is 3.11. The van der Waals surface area contributed by atoms with E-state index in [1.54, 1.807) is 14.2 Å². The van der Waals surface area contributed by atoms with Crippen LogP contribution in [0.25, 0.3) is 0 Å². The highest BCUT2D eigenvalue weighted by atomic mass is 16.5. The first-order valence-corrected chi connectivity index (χ1v) is 9.42. The van der Waals surface area contributed by atoms with E-state index in [1.165, 1.54) is 0 Å². The Kier molecular flexibility index (Phi) is 5.91. The van der Waals surface area contributed by atoms with E-state index < -0.39 is 0 Å². The number of hydrogen-bond acceptors (Lipinski definition) is 4. The Morgan fingerprint density at radius 1 is 1.12 bits per heavy atom. The molecule has 6 nitrogen and oxygen atoms in total. The number of nitrogens with zero attached hydrogens (tertiary/aromatic N) is 1. The Balaban J connectivity index is 1.56. The van der Waals surface area contributed by atoms with E-state index in [4.69, 9.17) is 14.2 Å². The molecule has 2 heterocycles. The number of benzene rings is 1. The number of rotatable bonds is 4. The quantitative estimate of drug-likeness (QED) is 0.892. The van der Waals surface area contributed by atoms with E-state index in [-0.39, 0.29) is 12.1 Å². The fourth-order valence-corrected chi connectivity index (χ4v) is 3.97. The summed E-state index contributed by atoms with van der Waals surface area (Å²) in [7, 11) is 3.23. The maximum Gasteiger partial charge on any atom is 0.317 e. The van der Waals surface area contributed by atoms with Crippen molar-refractivity contribution >= 4 is 6.03 Å². The topological polar surface area (TPSA) is 60.0 Å². The van der Waals surface area contributed by atoms with E-state index >= 15 is 0 Å². The number of piperidine rings is 1. The minimum Gasteiger partial charge on any atom is -0.493 e. The Bertz CT molecular complexity index is 618. The zero-order valence-corrected chi connectivity index (χ0v) is 16.0. The third-order valence-electron chi connectivity index (χ3n) is 5.91. The van der Waals surface area contributed by atoms with E-state index in [1.807, 2.05) is 30.0 Å². The lowest BCUT2D eigenvalue weighted by atomic mass is 9.72. The van der Waals surface area contributed by atoms with Gasteiger partial charge in [0, 0.05) is 26.3 Å². The van der Waals surface area contributed by atoms with Gasteiger partial charge in [0.15, 0.2) is 11.5 Å². The summed E-state index contributed by atoms with van der Waals surface area (Å²) in [5.41, 5.74) is 1.39. The molecule has 2 saturated heterocycles. The average molecular weight is 362 g/mol. The number of carbonyl (C=O) groups excluding carboxylic acids is 1. The van der Waals surface area contributed by atoms with Crippen LogP contribution in [0, 0.1) is 5.41 Å². The number of hydrogen-bond donors (Lipinski definition) is 1. The fraction of sp³-hybridized carbons (Fsp3) is 0.650. The molecule has 2 aliphatic heterocycles. The second-order valence-electron chi connectivity index (χ2n) is 7.39. The van der Waals surface area contributed by atoms with Crippen molar-refractivity contribution in [2.45, 2.75) is 38.6 Å². The van der Waals surface area contributed by atoms with Crippen molar-refractivity contribution in [3.63, 3.8) is 0 Å². The van der Waals surface area contributed by atoms with Gasteiger partial charge >= 0.3 is 6.03 Å². The second kappa shape index (κ2) is 8.16. The van der Waals surface area contributed by atoms with Gasteiger partial charge in [-0.15, -0.1) is 0 Å². The number of methoxy groups -OCH3 is 2. The average Bonchev–Trinajstić information content (AvgIpc) is 2.68. The van der Waals surface area contributed by atoms with Crippen molar-refractivity contribution in [3.8, 4) is 11.5 Å². The summed E-state index contributed by atoms with van der Waals surface area (Å²) in [4.78, 5) is 14.6. The summed E-state index contributed by atoms with van der Waals surface area (Å²) in [6.45, 7) is 5.36. The Morgan fingerprint density at radius 2 is 1.77 bits per heavy atom. The second-order valence-corrected chi connectivity index (χ2v) is 7.39. The molecule has 1 N–H and O–H groups in total. The van der Waals surface area contributed by atoms with Crippen molar-refractivity contribution in [2.75, 3.05) is 40.5 Å². The van der Waals surface area contributed by atoms with Gasteiger partial charge in [-0.3, -0.25) is 0 Å². The highest BCUT2D eigenvalue weighted by Crippen LogP contribution is 2.40. The van der Waals surface area contributed by atoms with Crippen LogP contribution in [-0.2, 0) is 4.74 Å². The molecule has 26 heavy (non-hydrogen) atoms. The van der Waals surface area contributed by atoms with Crippen LogP contribution in [0.1, 0.15) is 44.2 Å². The van der Waals surface area contributed by atoms with Crippen LogP contribution in [0.5, 0.6) is 11.5 Å². The number of nitrogens with one attached hydrogen (secondary N) is 1. The Morgan fingerprint density at radius 3 is 2.38 bits per heavy atom. The molecule has 2 fully saturated rings. The molecule has 0 aliphatic carbocycles. The zero-order valence-electron chi connectivity index (χ0n) is 16.0. The number of likely N-dealkylation sites (tertiary alicyclic amines) is 1. The largest absolute Gasteiger partial charge is 0.493 e. The minimum absolute atomic E-state index is 0.00851. The van der Waals surface area contributed by atoms with Gasteiger partial charge < -0.3 is 24.4 Å². The van der Waals surface area contributed by atoms with E-state index in [0.717, 1.165) is 57.6 Å². The molecular formula is C20H30N2O4. The predicted molar refractivity (Wildman–Crippen MR) is 99.8 cm³/mol. The van der Waals surface area contributed by atoms with E-state index in [2.05, 4.69) is 5.32 Å². The number of ether oxygens (including phenoxy) is 3. The molecule has 1 aromatic rings. The fourth-order valence-electron chi connectivity index (χ4n) is 3.97. The lowest BCUT2D eigenvalue weighted by Crippen LogP contribution is -2.49. The van der Waals surface area contributed by atoms with Crippen molar-refractivity contribution < 1.29 is 19.0 Å². The van der Waals surface area contributed by atoms with Crippen molar-refractivity contribution in [1.82, 2.24) is 10.2 Å². The number of carbonyl (C=O) groups is 1. The summed E-state index contributed by atoms with van der Waals surface area (Å²) >= 11 is 0. The molecular weight excluding hydrogens is 332 g/mol. The van der Waals surface area contributed by atoms with Crippen LogP contribution in [0.4, 0.5) is 4.79 Å². The maximum atomic E-state index is 12.7. The Labute approximate surface area is 155 Å². The lowest BCUT2D eigenvalue weighted by Gasteiger charge is -2.44. The van der Waals surface area contributed by atoms with E-state index in [9.17, 15) is 4.79 Å². The molecule has 3 rings (SSSR count). The normalized spacial score (nSPS) is 20.5. The van der Waals surface area contributed by atoms with Crippen LogP contribution in [-0.4, -0.2) is 51.5 Å². The number of urea groups is 1. The van der Waals surface area contributed by atoms with Crippen LogP contribution >= 0.6 is 0 Å². The first-order valence-electron chi connectivity index (χ1n) is 9.42. The SMILES string of the molecule is COc1ccc([C@H](C)NC(=O)N2CCC3(CCOCC3)CC2)cc1OC. The molecule has 0 aromatic heterocycles. The summed E-state index contributed by atoms with van der Waals surface area (Å²) in [6, 6.07) is 5.65. The van der Waals surface area contributed by atoms with Gasteiger partial charge in [0.2, 0.25) is 0 Å². The zero-order chi connectivity index (χ0) is 18.6. The molecule has 0 bridgehead atoms. The van der Waals surface area contributed by atoms with Crippen LogP contribution in [0.2, 0.25) is 0 Å². The molecule has 2 amide bonds. The van der Waals surface area contributed by atoms with E-state index in [0.29, 0.717) is 16.9 Å². The van der Waals surface area contributed by atoms with Gasteiger partial charge in [0.25, 0.3) is 0 Å². The summed E-state index contributed by atoms with van der Waals surface area (Å²) in [6.07, 6.45) is 4.41. The molecule has 0 unspecified atom stereocenters. The van der Waals surface area contributed by atoms with Crippen LogP contribution < -0.4 is 14.8 Å². The third kappa shape index (κ3) is 4.06. The Hall–Kier alpha value is -1.95. The third-order valence-corrected chi connectivity index (χ3v) is 5.91. The van der Waals surface area contributed by atoms with Gasteiger partial charge in [0.1, 0.15) is 0 Å².